The predicted octanol–water partition coefficient (Wildman–Crippen LogP) is 3.43. The van der Waals surface area contributed by atoms with E-state index in [-0.39, 0.29) is 17.3 Å². The second-order valence-corrected chi connectivity index (χ2v) is 6.75. The number of nitro benzene ring substituents is 1. The van der Waals surface area contributed by atoms with Crippen LogP contribution in [0.1, 0.15) is 17.4 Å². The van der Waals surface area contributed by atoms with Crippen LogP contribution in [0, 0.1) is 17.0 Å². The van der Waals surface area contributed by atoms with Gasteiger partial charge < -0.3 is 10.1 Å². The van der Waals surface area contributed by atoms with Crippen molar-refractivity contribution in [3.05, 3.63) is 50.2 Å². The number of rotatable bonds is 7. The van der Waals surface area contributed by atoms with E-state index in [0.717, 1.165) is 0 Å². The molecule has 25 heavy (non-hydrogen) atoms. The molecule has 0 saturated carbocycles. The summed E-state index contributed by atoms with van der Waals surface area (Å²) in [4.78, 5) is 26.1. The number of non-ortho nitro benzene ring substituents is 1. The highest BCUT2D eigenvalue weighted by Crippen LogP contribution is 2.29. The first-order valence-corrected chi connectivity index (χ1v) is 8.58. The van der Waals surface area contributed by atoms with Gasteiger partial charge in [0, 0.05) is 23.6 Å². The van der Waals surface area contributed by atoms with Crippen LogP contribution in [-0.2, 0) is 11.3 Å². The Balaban J connectivity index is 2.11. The lowest BCUT2D eigenvalue weighted by Crippen LogP contribution is -2.39. The van der Waals surface area contributed by atoms with E-state index in [9.17, 15) is 14.9 Å². The molecule has 0 bridgehead atoms. The van der Waals surface area contributed by atoms with Crippen molar-refractivity contribution in [2.24, 2.45) is 0 Å². The van der Waals surface area contributed by atoms with Gasteiger partial charge >= 0.3 is 0 Å². The molecule has 0 fully saturated rings. The highest BCUT2D eigenvalue weighted by atomic mass is 32.1. The van der Waals surface area contributed by atoms with Gasteiger partial charge in [-0.25, -0.2) is 0 Å². The van der Waals surface area contributed by atoms with Gasteiger partial charge in [0.25, 0.3) is 5.69 Å². The van der Waals surface area contributed by atoms with Crippen LogP contribution < -0.4 is 10.1 Å². The quantitative estimate of drug-likeness (QED) is 0.602. The number of hydrogen-bond donors (Lipinski definition) is 1. The van der Waals surface area contributed by atoms with Crippen molar-refractivity contribution in [3.63, 3.8) is 0 Å². The van der Waals surface area contributed by atoms with Crippen LogP contribution in [-0.4, -0.2) is 35.9 Å². The number of nitrogens with one attached hydrogen (secondary N) is 1. The van der Waals surface area contributed by atoms with Crippen molar-refractivity contribution < 1.29 is 14.5 Å². The van der Waals surface area contributed by atoms with E-state index in [1.165, 1.54) is 35.7 Å². The maximum Gasteiger partial charge on any atom is 0.271 e. The normalized spacial score (nSPS) is 12.0. The molecule has 0 unspecified atom stereocenters. The van der Waals surface area contributed by atoms with Gasteiger partial charge in [-0.3, -0.25) is 19.8 Å². The van der Waals surface area contributed by atoms with Crippen LogP contribution in [0.2, 0.25) is 0 Å². The summed E-state index contributed by atoms with van der Waals surface area (Å²) in [5, 5.41) is 15.7. The summed E-state index contributed by atoms with van der Waals surface area (Å²) in [6, 6.07) is 5.74. The average Bonchev–Trinajstić information content (AvgIpc) is 2.98. The molecule has 0 aliphatic rings. The summed E-state index contributed by atoms with van der Waals surface area (Å²) in [5.74, 6) is 0.124. The number of anilines is 1. The maximum absolute atomic E-state index is 12.5. The van der Waals surface area contributed by atoms with Crippen molar-refractivity contribution in [2.45, 2.75) is 26.4 Å². The molecule has 134 valence electrons. The first-order valence-electron chi connectivity index (χ1n) is 7.70. The van der Waals surface area contributed by atoms with Crippen LogP contribution in [0.15, 0.2) is 29.6 Å². The molecule has 2 rings (SSSR count). The Bertz CT molecular complexity index is 775. The van der Waals surface area contributed by atoms with Gasteiger partial charge in [-0.1, -0.05) is 0 Å². The number of nitro groups is 1. The van der Waals surface area contributed by atoms with Crippen LogP contribution in [0.25, 0.3) is 0 Å². The number of hydrogen-bond acceptors (Lipinski definition) is 6. The molecule has 8 heteroatoms. The van der Waals surface area contributed by atoms with Crippen LogP contribution >= 0.6 is 11.3 Å². The Labute approximate surface area is 150 Å². The van der Waals surface area contributed by atoms with Gasteiger partial charge in [0.2, 0.25) is 5.91 Å². The molecule has 2 aromatic rings. The van der Waals surface area contributed by atoms with Crippen molar-refractivity contribution in [3.8, 4) is 5.75 Å². The number of carbonyl (C=O) groups excluding carboxylic acids is 1. The molecule has 1 N–H and O–H groups in total. The minimum Gasteiger partial charge on any atom is -0.495 e. The number of ether oxygens (including phenoxy) is 1. The number of carbonyl (C=O) groups is 1. The monoisotopic (exact) mass is 363 g/mol. The van der Waals surface area contributed by atoms with Crippen LogP contribution in [0.5, 0.6) is 5.75 Å². The lowest BCUT2D eigenvalue weighted by molar-refractivity contribution is -0.384. The zero-order valence-corrected chi connectivity index (χ0v) is 15.4. The number of methoxy groups -OCH3 is 1. The standard InChI is InChI=1S/C17H21N3O4S/c1-11-7-8-25-16(11)10-19(3)12(2)17(21)18-14-9-13(20(22)23)5-6-15(14)24-4/h5-9,12H,10H2,1-4H3,(H,18,21)/t12-/m1/s1. The van der Waals surface area contributed by atoms with Gasteiger partial charge in [0.1, 0.15) is 5.75 Å². The summed E-state index contributed by atoms with van der Waals surface area (Å²) in [6.07, 6.45) is 0. The van der Waals surface area contributed by atoms with Gasteiger partial charge in [-0.15, -0.1) is 11.3 Å². The molecule has 0 aliphatic heterocycles. The van der Waals surface area contributed by atoms with Crippen molar-refractivity contribution in [1.82, 2.24) is 4.90 Å². The minimum absolute atomic E-state index is 0.105. The Hall–Kier alpha value is -2.45. The Morgan fingerprint density at radius 2 is 2.16 bits per heavy atom. The molecule has 0 aliphatic carbocycles. The summed E-state index contributed by atoms with van der Waals surface area (Å²) in [5.41, 5.74) is 1.38. The summed E-state index contributed by atoms with van der Waals surface area (Å²) in [7, 11) is 3.32. The van der Waals surface area contributed by atoms with Crippen LogP contribution in [0.4, 0.5) is 11.4 Å². The van der Waals surface area contributed by atoms with E-state index in [4.69, 9.17) is 4.74 Å². The smallest absolute Gasteiger partial charge is 0.271 e. The molecule has 1 heterocycles. The number of likely N-dealkylation sites (N-methyl/N-ethyl adjacent to an activating group) is 1. The predicted molar refractivity (Wildman–Crippen MR) is 98.3 cm³/mol. The highest BCUT2D eigenvalue weighted by Gasteiger charge is 2.21. The first kappa shape index (κ1) is 18.9. The third-order valence-corrected chi connectivity index (χ3v) is 5.06. The van der Waals surface area contributed by atoms with E-state index in [1.54, 1.807) is 18.3 Å². The molecule has 7 nitrogen and oxygen atoms in total. The minimum atomic E-state index is -0.510. The second-order valence-electron chi connectivity index (χ2n) is 5.75. The van der Waals surface area contributed by atoms with E-state index < -0.39 is 11.0 Å². The number of nitrogens with zero attached hydrogens (tertiary/aromatic N) is 2. The fraction of sp³-hybridized carbons (Fsp3) is 0.353. The van der Waals surface area contributed by atoms with Crippen molar-refractivity contribution in [2.75, 3.05) is 19.5 Å². The van der Waals surface area contributed by atoms with E-state index in [2.05, 4.69) is 5.32 Å². The molecule has 0 saturated heterocycles. The third-order valence-electron chi connectivity index (χ3n) is 4.05. The lowest BCUT2D eigenvalue weighted by atomic mass is 10.2. The number of benzene rings is 1. The topological polar surface area (TPSA) is 84.7 Å². The summed E-state index contributed by atoms with van der Waals surface area (Å²) in [6.45, 7) is 4.49. The summed E-state index contributed by atoms with van der Waals surface area (Å²) >= 11 is 1.65. The molecule has 1 aromatic heterocycles. The molecular formula is C17H21N3O4S. The Kier molecular flexibility index (Phi) is 6.11. The average molecular weight is 363 g/mol. The lowest BCUT2D eigenvalue weighted by Gasteiger charge is -2.24. The van der Waals surface area contributed by atoms with E-state index in [1.807, 2.05) is 30.3 Å². The molecule has 0 spiro atoms. The van der Waals surface area contributed by atoms with Gasteiger partial charge in [-0.2, -0.15) is 0 Å². The number of thiophene rings is 1. The fourth-order valence-corrected chi connectivity index (χ4v) is 3.24. The first-order chi connectivity index (χ1) is 11.8. The molecule has 1 aromatic carbocycles. The highest BCUT2D eigenvalue weighted by molar-refractivity contribution is 7.10. The van der Waals surface area contributed by atoms with E-state index >= 15 is 0 Å². The van der Waals surface area contributed by atoms with E-state index in [0.29, 0.717) is 12.3 Å². The SMILES string of the molecule is COc1ccc([N+](=O)[O-])cc1NC(=O)[C@@H](C)N(C)Cc1sccc1C. The maximum atomic E-state index is 12.5. The van der Waals surface area contributed by atoms with Crippen molar-refractivity contribution in [1.29, 1.82) is 0 Å². The molecule has 0 radical (unpaired) electrons. The Morgan fingerprint density at radius 3 is 2.72 bits per heavy atom. The van der Waals surface area contributed by atoms with Gasteiger partial charge in [0.15, 0.2) is 0 Å². The zero-order chi connectivity index (χ0) is 18.6. The Morgan fingerprint density at radius 1 is 1.44 bits per heavy atom. The number of aryl methyl sites for hydroxylation is 1. The fourth-order valence-electron chi connectivity index (χ4n) is 2.27. The van der Waals surface area contributed by atoms with Crippen LogP contribution in [0.3, 0.4) is 0 Å². The molecule has 1 atom stereocenters. The second kappa shape index (κ2) is 8.09. The van der Waals surface area contributed by atoms with Gasteiger partial charge in [0.05, 0.1) is 23.8 Å². The zero-order valence-electron chi connectivity index (χ0n) is 14.6. The molecule has 1 amide bonds. The third kappa shape index (κ3) is 4.55. The van der Waals surface area contributed by atoms with Crippen molar-refractivity contribution >= 4 is 28.6 Å². The summed E-state index contributed by atoms with van der Waals surface area (Å²) < 4.78 is 5.17. The molecular weight excluding hydrogens is 342 g/mol. The van der Waals surface area contributed by atoms with Gasteiger partial charge in [-0.05, 0) is 44.0 Å². The largest absolute Gasteiger partial charge is 0.495 e. The number of amides is 1.